The number of halogens is 2. The predicted molar refractivity (Wildman–Crippen MR) is 171 cm³/mol. The van der Waals surface area contributed by atoms with Gasteiger partial charge in [-0.25, -0.2) is 22.0 Å². The zero-order valence-corrected chi connectivity index (χ0v) is 27.5. The van der Waals surface area contributed by atoms with Crippen molar-refractivity contribution in [3.63, 3.8) is 0 Å². The third-order valence-electron chi connectivity index (χ3n) is 7.62. The minimum atomic E-state index is -4.13. The first-order valence-electron chi connectivity index (χ1n) is 15.6. The highest BCUT2D eigenvalue weighted by molar-refractivity contribution is 7.92. The van der Waals surface area contributed by atoms with Crippen molar-refractivity contribution in [1.29, 1.82) is 5.26 Å². The Kier molecular flexibility index (Phi) is 15.7. The number of benzene rings is 2. The molecule has 0 unspecified atom stereocenters. The van der Waals surface area contributed by atoms with Crippen LogP contribution in [-0.4, -0.2) is 67.2 Å². The number of nitrogens with two attached hydrogens (primary N) is 1. The van der Waals surface area contributed by atoms with Crippen LogP contribution in [0.5, 0.6) is 0 Å². The number of carbonyl (C=O) groups excluding carboxylic acids is 2. The van der Waals surface area contributed by atoms with Crippen LogP contribution in [0.15, 0.2) is 42.5 Å². The SMILES string of the molecule is CCCC(CCC)S(=O)(=O)C[C@@](N)(C(=O)N[C@@H](Cc1cc(F)cc(F)c1)[C@H](O)CNCc1cccc(CC)c1)C(=O)OCCC#N. The summed E-state index contributed by atoms with van der Waals surface area (Å²) in [7, 11) is -4.13. The topological polar surface area (TPSA) is 172 Å². The molecule has 0 spiro atoms. The number of hydrogen-bond acceptors (Lipinski definition) is 9. The maximum absolute atomic E-state index is 14.1. The van der Waals surface area contributed by atoms with E-state index in [1.807, 2.05) is 45.0 Å². The van der Waals surface area contributed by atoms with Crippen molar-refractivity contribution in [2.75, 3.05) is 18.9 Å². The summed E-state index contributed by atoms with van der Waals surface area (Å²) in [5.41, 5.74) is 5.72. The molecule has 0 saturated carbocycles. The van der Waals surface area contributed by atoms with E-state index in [-0.39, 0.29) is 37.8 Å². The van der Waals surface area contributed by atoms with Gasteiger partial charge in [0.2, 0.25) is 5.54 Å². The summed E-state index contributed by atoms with van der Waals surface area (Å²) in [6.07, 6.45) is 0.616. The van der Waals surface area contributed by atoms with Crippen LogP contribution in [0, 0.1) is 23.0 Å². The molecule has 0 aromatic heterocycles. The molecule has 0 bridgehead atoms. The van der Waals surface area contributed by atoms with Gasteiger partial charge in [-0.1, -0.05) is 57.9 Å². The lowest BCUT2D eigenvalue weighted by Crippen LogP contribution is -2.67. The summed E-state index contributed by atoms with van der Waals surface area (Å²) in [5.74, 6) is -5.43. The van der Waals surface area contributed by atoms with E-state index in [4.69, 9.17) is 15.7 Å². The molecular weight excluding hydrogens is 618 g/mol. The van der Waals surface area contributed by atoms with Gasteiger partial charge in [-0.2, -0.15) is 5.26 Å². The Morgan fingerprint density at radius 3 is 2.26 bits per heavy atom. The number of aliphatic hydroxyl groups excluding tert-OH is 1. The smallest absolute Gasteiger partial charge is 0.337 e. The molecule has 1 amide bonds. The second-order valence-electron chi connectivity index (χ2n) is 11.5. The zero-order valence-electron chi connectivity index (χ0n) is 26.7. The van der Waals surface area contributed by atoms with Gasteiger partial charge in [0.25, 0.3) is 5.91 Å². The van der Waals surface area contributed by atoms with Gasteiger partial charge in [-0.3, -0.25) is 4.79 Å². The molecule has 0 heterocycles. The van der Waals surface area contributed by atoms with Gasteiger partial charge in [-0.05, 0) is 54.5 Å². The predicted octanol–water partition coefficient (Wildman–Crippen LogP) is 3.24. The van der Waals surface area contributed by atoms with Crippen LogP contribution in [0.1, 0.15) is 69.6 Å². The number of nitrogens with zero attached hydrogens (tertiary/aromatic N) is 1. The lowest BCUT2D eigenvalue weighted by Gasteiger charge is -2.32. The Bertz CT molecular complexity index is 1430. The largest absolute Gasteiger partial charge is 0.463 e. The molecule has 254 valence electrons. The summed E-state index contributed by atoms with van der Waals surface area (Å²) in [4.78, 5) is 27.0. The normalized spacial score (nSPS) is 14.2. The van der Waals surface area contributed by atoms with Crippen molar-refractivity contribution >= 4 is 21.7 Å². The van der Waals surface area contributed by atoms with Gasteiger partial charge in [0, 0.05) is 19.2 Å². The van der Waals surface area contributed by atoms with E-state index >= 15 is 0 Å². The Labute approximate surface area is 270 Å². The molecule has 2 rings (SSSR count). The molecule has 10 nitrogen and oxygen atoms in total. The fourth-order valence-corrected chi connectivity index (χ4v) is 7.46. The van der Waals surface area contributed by atoms with E-state index < -0.39 is 68.6 Å². The maximum Gasteiger partial charge on any atom is 0.337 e. The van der Waals surface area contributed by atoms with Gasteiger partial charge in [0.1, 0.15) is 18.2 Å². The molecule has 0 radical (unpaired) electrons. The van der Waals surface area contributed by atoms with E-state index in [9.17, 15) is 31.9 Å². The van der Waals surface area contributed by atoms with E-state index in [1.165, 1.54) is 0 Å². The highest BCUT2D eigenvalue weighted by Crippen LogP contribution is 2.21. The van der Waals surface area contributed by atoms with E-state index in [0.29, 0.717) is 25.5 Å². The lowest BCUT2D eigenvalue weighted by atomic mass is 9.97. The average molecular weight is 665 g/mol. The standard InChI is InChI=1S/C33H46F2N4O6S/c1-4-9-28(10-5-2)46(43,44)22-33(37,32(42)45-14-8-13-36)31(41)39-29(18-25-16-26(34)19-27(35)17-25)30(40)21-38-20-24-12-7-11-23(6-3)15-24/h7,11-12,15-17,19,28-30,38,40H,4-6,8-10,14,18,20-22,37H2,1-3H3,(H,39,41)/t29-,30+,33+/m0/s1. The summed E-state index contributed by atoms with van der Waals surface area (Å²) in [5, 5.41) is 24.8. The van der Waals surface area contributed by atoms with Crippen LogP contribution in [0.4, 0.5) is 8.78 Å². The van der Waals surface area contributed by atoms with Gasteiger partial charge >= 0.3 is 5.97 Å². The second kappa shape index (κ2) is 18.6. The van der Waals surface area contributed by atoms with Crippen LogP contribution in [-0.2, 0) is 43.5 Å². The van der Waals surface area contributed by atoms with Crippen LogP contribution in [0.3, 0.4) is 0 Å². The Morgan fingerprint density at radius 2 is 1.67 bits per heavy atom. The Balaban J connectivity index is 2.41. The molecule has 13 heteroatoms. The molecule has 0 saturated heterocycles. The van der Waals surface area contributed by atoms with Gasteiger partial charge in [-0.15, -0.1) is 0 Å². The lowest BCUT2D eigenvalue weighted by molar-refractivity contribution is -0.153. The summed E-state index contributed by atoms with van der Waals surface area (Å²) in [6.45, 7) is 5.50. The number of aliphatic hydroxyl groups is 1. The van der Waals surface area contributed by atoms with Crippen molar-refractivity contribution in [2.45, 2.75) is 95.2 Å². The minimum absolute atomic E-state index is 0.0866. The van der Waals surface area contributed by atoms with Gasteiger partial charge in [0.05, 0.1) is 35.6 Å². The number of amides is 1. The number of esters is 1. The zero-order chi connectivity index (χ0) is 34.3. The third kappa shape index (κ3) is 11.7. The van der Waals surface area contributed by atoms with Gasteiger partial charge in [0.15, 0.2) is 9.84 Å². The monoisotopic (exact) mass is 664 g/mol. The molecule has 0 fully saturated rings. The minimum Gasteiger partial charge on any atom is -0.463 e. The van der Waals surface area contributed by atoms with E-state index in [1.54, 1.807) is 6.07 Å². The van der Waals surface area contributed by atoms with E-state index in [2.05, 4.69) is 10.6 Å². The molecule has 0 aliphatic heterocycles. The summed E-state index contributed by atoms with van der Waals surface area (Å²) < 4.78 is 60.2. The van der Waals surface area contributed by atoms with Crippen molar-refractivity contribution in [1.82, 2.24) is 10.6 Å². The second-order valence-corrected chi connectivity index (χ2v) is 13.7. The Hall–Kier alpha value is -3.44. The highest BCUT2D eigenvalue weighted by atomic mass is 32.2. The fourth-order valence-electron chi connectivity index (χ4n) is 5.15. The molecular formula is C33H46F2N4O6S. The first-order chi connectivity index (χ1) is 21.8. The van der Waals surface area contributed by atoms with Crippen molar-refractivity contribution in [3.8, 4) is 6.07 Å². The van der Waals surface area contributed by atoms with Crippen molar-refractivity contribution in [3.05, 3.63) is 70.8 Å². The van der Waals surface area contributed by atoms with Crippen LogP contribution in [0.25, 0.3) is 0 Å². The maximum atomic E-state index is 14.1. The fraction of sp³-hybridized carbons (Fsp3) is 0.545. The summed E-state index contributed by atoms with van der Waals surface area (Å²) >= 11 is 0. The number of sulfone groups is 1. The molecule has 5 N–H and O–H groups in total. The number of carbonyl (C=O) groups is 2. The number of rotatable bonds is 20. The summed E-state index contributed by atoms with van der Waals surface area (Å²) in [6, 6.07) is 11.1. The van der Waals surface area contributed by atoms with Crippen LogP contribution in [0.2, 0.25) is 0 Å². The Morgan fingerprint density at radius 1 is 1.04 bits per heavy atom. The molecule has 2 aromatic rings. The van der Waals surface area contributed by atoms with Crippen LogP contribution < -0.4 is 16.4 Å². The van der Waals surface area contributed by atoms with Gasteiger partial charge < -0.3 is 26.2 Å². The molecule has 2 aromatic carbocycles. The van der Waals surface area contributed by atoms with E-state index in [0.717, 1.165) is 29.7 Å². The van der Waals surface area contributed by atoms with Crippen LogP contribution >= 0.6 is 0 Å². The quantitative estimate of drug-likeness (QED) is 0.0942. The van der Waals surface area contributed by atoms with Crippen molar-refractivity contribution < 1.29 is 36.6 Å². The molecule has 0 aliphatic rings. The number of nitrogens with one attached hydrogen (secondary N) is 2. The molecule has 0 aliphatic carbocycles. The first kappa shape index (κ1) is 38.7. The number of ether oxygens (including phenoxy) is 1. The highest BCUT2D eigenvalue weighted by Gasteiger charge is 2.49. The third-order valence-corrected chi connectivity index (χ3v) is 9.96. The molecule has 3 atom stereocenters. The molecule has 46 heavy (non-hydrogen) atoms. The number of aryl methyl sites for hydroxylation is 1. The first-order valence-corrected chi connectivity index (χ1v) is 17.3. The van der Waals surface area contributed by atoms with Crippen molar-refractivity contribution in [2.24, 2.45) is 5.73 Å². The number of nitriles is 1. The average Bonchev–Trinajstić information content (AvgIpc) is 2.99. The number of hydrogen-bond donors (Lipinski definition) is 4.